The van der Waals surface area contributed by atoms with Crippen LogP contribution in [0.4, 0.5) is 0 Å². The maximum Gasteiger partial charge on any atom is 0.00386 e. The quantitative estimate of drug-likeness (QED) is 0.448. The van der Waals surface area contributed by atoms with Crippen molar-refractivity contribution in [3.8, 4) is 0 Å². The molecule has 0 aliphatic heterocycles. The third-order valence-electron chi connectivity index (χ3n) is 1.97. The van der Waals surface area contributed by atoms with E-state index in [1.807, 2.05) is 0 Å². The second-order valence-corrected chi connectivity index (χ2v) is 12.6. The number of nitrogens with two attached hydrogens (primary N) is 1. The summed E-state index contributed by atoms with van der Waals surface area (Å²) in [4.78, 5) is 0. The summed E-state index contributed by atoms with van der Waals surface area (Å²) in [5.41, 5.74) is 5.44. The van der Waals surface area contributed by atoms with Crippen molar-refractivity contribution in [3.05, 3.63) is 0 Å². The molecule has 0 aliphatic carbocycles. The summed E-state index contributed by atoms with van der Waals surface area (Å²) in [5, 5.41) is 1.33. The van der Waals surface area contributed by atoms with E-state index in [0.717, 1.165) is 6.54 Å². The molecular formula is C4H19NSi4. The van der Waals surface area contributed by atoms with E-state index in [-0.39, 0.29) is 0 Å². The molecule has 0 aromatic rings. The predicted molar refractivity (Wildman–Crippen MR) is 59.0 cm³/mol. The maximum absolute atomic E-state index is 5.44. The summed E-state index contributed by atoms with van der Waals surface area (Å²) in [7, 11) is 4.08. The van der Waals surface area contributed by atoms with Crippen molar-refractivity contribution in [1.29, 1.82) is 0 Å². The molecule has 0 saturated carbocycles. The predicted octanol–water partition coefficient (Wildman–Crippen LogP) is -3.63. The lowest BCUT2D eigenvalue weighted by Crippen LogP contribution is -2.13. The van der Waals surface area contributed by atoms with Crippen LogP contribution in [0.1, 0.15) is 12.8 Å². The third-order valence-corrected chi connectivity index (χ3v) is 22.4. The Labute approximate surface area is 68.2 Å². The van der Waals surface area contributed by atoms with Gasteiger partial charge in [-0.3, -0.25) is 0 Å². The molecule has 0 unspecified atom stereocenters. The Morgan fingerprint density at radius 3 is 2.22 bits per heavy atom. The lowest BCUT2D eigenvalue weighted by Gasteiger charge is -2.08. The zero-order chi connectivity index (χ0) is 7.11. The minimum atomic E-state index is 0.487. The second-order valence-electron chi connectivity index (χ2n) is 2.61. The van der Waals surface area contributed by atoms with Crippen LogP contribution in [0.2, 0.25) is 5.16 Å². The van der Waals surface area contributed by atoms with E-state index in [4.69, 9.17) is 5.73 Å². The largest absolute Gasteiger partial charge is 0.330 e. The van der Waals surface area contributed by atoms with Gasteiger partial charge in [0.15, 0.2) is 0 Å². The van der Waals surface area contributed by atoms with Crippen molar-refractivity contribution in [3.63, 3.8) is 0 Å². The molecule has 0 amide bonds. The highest BCUT2D eigenvalue weighted by Gasteiger charge is 2.01. The van der Waals surface area contributed by atoms with Gasteiger partial charge in [-0.2, -0.15) is 0 Å². The highest BCUT2D eigenvalue weighted by molar-refractivity contribution is 7.03. The van der Waals surface area contributed by atoms with Gasteiger partial charge < -0.3 is 5.73 Å². The van der Waals surface area contributed by atoms with Gasteiger partial charge in [-0.05, 0) is 32.5 Å². The Morgan fingerprint density at radius 2 is 1.89 bits per heavy atom. The van der Waals surface area contributed by atoms with Crippen molar-refractivity contribution in [1.82, 2.24) is 0 Å². The molecule has 0 bridgehead atoms. The highest BCUT2D eigenvalue weighted by atomic mass is 29.1. The molecule has 5 heteroatoms. The maximum atomic E-state index is 5.44. The number of rotatable bonds is 5. The van der Waals surface area contributed by atoms with E-state index < -0.39 is 0 Å². The molecular weight excluding hydrogens is 174 g/mol. The Kier molecular flexibility index (Phi) is 7.58. The molecule has 1 nitrogen and oxygen atoms in total. The van der Waals surface area contributed by atoms with Gasteiger partial charge in [0.2, 0.25) is 0 Å². The smallest absolute Gasteiger partial charge is 0.00386 e. The number of hydrogen-bond donors (Lipinski definition) is 1. The van der Waals surface area contributed by atoms with Gasteiger partial charge in [0.1, 0.15) is 0 Å². The van der Waals surface area contributed by atoms with Crippen LogP contribution >= 0.6 is 0 Å². The Bertz CT molecular complexity index is 56.5. The molecule has 2 N–H and O–H groups in total. The van der Waals surface area contributed by atoms with Crippen LogP contribution < -0.4 is 5.73 Å². The monoisotopic (exact) mass is 193 g/mol. The van der Waals surface area contributed by atoms with E-state index in [0.29, 0.717) is 18.1 Å². The molecule has 0 aromatic carbocycles. The molecule has 0 fully saturated rings. The molecule has 0 atom stereocenters. The summed E-state index contributed by atoms with van der Waals surface area (Å²) in [6.45, 7) is 0.933. The van der Waals surface area contributed by atoms with Crippen molar-refractivity contribution < 1.29 is 0 Å². The normalized spacial score (nSPS) is 17.0. The minimum Gasteiger partial charge on any atom is -0.330 e. The van der Waals surface area contributed by atoms with Gasteiger partial charge in [-0.25, -0.2) is 0 Å². The first-order valence-corrected chi connectivity index (χ1v) is 17.0. The van der Waals surface area contributed by atoms with Gasteiger partial charge in [0.05, 0.1) is 0 Å². The van der Waals surface area contributed by atoms with Gasteiger partial charge in [-0.1, -0.05) is 11.6 Å². The fraction of sp³-hybridized carbons (Fsp3) is 1.00. The molecule has 9 heavy (non-hydrogen) atoms. The topological polar surface area (TPSA) is 26.0 Å². The SMILES string of the molecule is NCCCC([SiH2][SiH3])[SiH2][SiH3]. The average molecular weight is 194 g/mol. The summed E-state index contributed by atoms with van der Waals surface area (Å²) >= 11 is 0. The van der Waals surface area contributed by atoms with Crippen LogP contribution in [-0.4, -0.2) is 44.1 Å². The summed E-state index contributed by atoms with van der Waals surface area (Å²) in [6.07, 6.45) is 2.83. The fourth-order valence-corrected chi connectivity index (χ4v) is 28.0. The first-order chi connectivity index (χ1) is 4.35. The van der Waals surface area contributed by atoms with Gasteiger partial charge in [-0.15, -0.1) is 0 Å². The minimum absolute atomic E-state index is 0.487. The average Bonchev–Trinajstić information content (AvgIpc) is 1.91. The first kappa shape index (κ1) is 9.83. The number of hydrogen-bond acceptors (Lipinski definition) is 1. The van der Waals surface area contributed by atoms with Crippen LogP contribution in [0.5, 0.6) is 0 Å². The lowest BCUT2D eigenvalue weighted by atomic mass is 10.3. The fourth-order valence-electron chi connectivity index (χ4n) is 1.10. The highest BCUT2D eigenvalue weighted by Crippen LogP contribution is 2.05. The van der Waals surface area contributed by atoms with Crippen LogP contribution in [0.3, 0.4) is 0 Å². The van der Waals surface area contributed by atoms with Crippen LogP contribution in [0, 0.1) is 0 Å². The van der Waals surface area contributed by atoms with Crippen molar-refractivity contribution >= 4 is 37.6 Å². The van der Waals surface area contributed by atoms with Crippen LogP contribution in [0.25, 0.3) is 0 Å². The molecule has 0 aromatic heterocycles. The van der Waals surface area contributed by atoms with E-state index >= 15 is 0 Å². The Balaban J connectivity index is 3.09. The molecule has 0 spiro atoms. The molecule has 0 saturated heterocycles. The first-order valence-electron chi connectivity index (χ1n) is 4.05. The molecule has 0 heterocycles. The molecule has 0 aliphatic rings. The van der Waals surface area contributed by atoms with Crippen LogP contribution in [0.15, 0.2) is 0 Å². The summed E-state index contributed by atoms with van der Waals surface area (Å²) in [6, 6.07) is 0. The van der Waals surface area contributed by atoms with Crippen molar-refractivity contribution in [2.75, 3.05) is 6.54 Å². The van der Waals surface area contributed by atoms with E-state index in [1.165, 1.54) is 18.0 Å². The van der Waals surface area contributed by atoms with E-state index in [2.05, 4.69) is 0 Å². The van der Waals surface area contributed by atoms with E-state index in [1.54, 1.807) is 19.5 Å². The van der Waals surface area contributed by atoms with Gasteiger partial charge >= 0.3 is 0 Å². The van der Waals surface area contributed by atoms with Crippen LogP contribution in [-0.2, 0) is 0 Å². The molecule has 0 rings (SSSR count). The van der Waals surface area contributed by atoms with Gasteiger partial charge in [0, 0.05) is 18.1 Å². The molecule has 56 valence electrons. The zero-order valence-electron chi connectivity index (χ0n) is 6.69. The Morgan fingerprint density at radius 1 is 1.33 bits per heavy atom. The Hall–Kier alpha value is 0.828. The zero-order valence-corrected chi connectivity index (χ0v) is 13.5. The van der Waals surface area contributed by atoms with Gasteiger partial charge in [0.25, 0.3) is 0 Å². The van der Waals surface area contributed by atoms with E-state index in [9.17, 15) is 0 Å². The van der Waals surface area contributed by atoms with Crippen molar-refractivity contribution in [2.45, 2.75) is 18.0 Å². The lowest BCUT2D eigenvalue weighted by molar-refractivity contribution is 0.782. The second kappa shape index (κ2) is 6.94. The standard InChI is InChI=1S/C4H19NSi4/c5-3-1-2-4(8-6)9-7/h4H,1-3,5,8-9H2,6-7H3. The summed E-state index contributed by atoms with van der Waals surface area (Å²) in [5.74, 6) is 0. The molecule has 0 radical (unpaired) electrons. The summed E-state index contributed by atoms with van der Waals surface area (Å²) < 4.78 is 0. The van der Waals surface area contributed by atoms with Crippen molar-refractivity contribution in [2.24, 2.45) is 5.73 Å². The third kappa shape index (κ3) is 5.28.